The predicted molar refractivity (Wildman–Crippen MR) is 63.2 cm³/mol. The Morgan fingerprint density at radius 2 is 1.88 bits per heavy atom. The number of fused-ring (bicyclic) bond motifs is 1. The van der Waals surface area contributed by atoms with Crippen LogP contribution in [0.4, 0.5) is 8.78 Å². The SMILES string of the molecule is C=C1C(C)=CC(C)=C2N1CCC2(F)F.CC. The molecule has 1 nitrogen and oxygen atoms in total. The summed E-state index contributed by atoms with van der Waals surface area (Å²) in [7, 11) is 0. The van der Waals surface area contributed by atoms with E-state index in [0.717, 1.165) is 5.57 Å². The lowest BCUT2D eigenvalue weighted by atomic mass is 10.0. The molecule has 3 heteroatoms. The second-order valence-corrected chi connectivity index (χ2v) is 3.91. The van der Waals surface area contributed by atoms with Gasteiger partial charge in [-0.15, -0.1) is 0 Å². The van der Waals surface area contributed by atoms with Gasteiger partial charge in [0.05, 0.1) is 5.70 Å². The number of hydrogen-bond acceptors (Lipinski definition) is 1. The van der Waals surface area contributed by atoms with E-state index < -0.39 is 5.92 Å². The first-order chi connectivity index (χ1) is 7.43. The zero-order valence-corrected chi connectivity index (χ0v) is 10.4. The molecule has 2 aliphatic rings. The fraction of sp³-hybridized carbons (Fsp3) is 0.538. The van der Waals surface area contributed by atoms with Crippen molar-refractivity contribution >= 4 is 0 Å². The molecule has 1 saturated heterocycles. The summed E-state index contributed by atoms with van der Waals surface area (Å²) in [6.45, 7) is 11.8. The van der Waals surface area contributed by atoms with Gasteiger partial charge in [0, 0.05) is 18.7 Å². The van der Waals surface area contributed by atoms with Gasteiger partial charge in [0.15, 0.2) is 0 Å². The Labute approximate surface area is 96.1 Å². The van der Waals surface area contributed by atoms with Crippen LogP contribution in [0.25, 0.3) is 0 Å². The van der Waals surface area contributed by atoms with Gasteiger partial charge in [-0.05, 0) is 25.0 Å². The van der Waals surface area contributed by atoms with Crippen LogP contribution in [0.5, 0.6) is 0 Å². The molecule has 2 aliphatic heterocycles. The maximum Gasteiger partial charge on any atom is 0.289 e. The Kier molecular flexibility index (Phi) is 3.56. The monoisotopic (exact) mass is 227 g/mol. The van der Waals surface area contributed by atoms with E-state index in [2.05, 4.69) is 6.58 Å². The highest BCUT2D eigenvalue weighted by molar-refractivity contribution is 5.46. The number of hydrogen-bond donors (Lipinski definition) is 0. The summed E-state index contributed by atoms with van der Waals surface area (Å²) in [5, 5.41) is 0. The van der Waals surface area contributed by atoms with Crippen molar-refractivity contribution < 1.29 is 8.78 Å². The summed E-state index contributed by atoms with van der Waals surface area (Å²) in [6.07, 6.45) is 1.69. The summed E-state index contributed by atoms with van der Waals surface area (Å²) in [6, 6.07) is 0. The highest BCUT2D eigenvalue weighted by Gasteiger charge is 2.46. The van der Waals surface area contributed by atoms with E-state index >= 15 is 0 Å². The van der Waals surface area contributed by atoms with Crippen molar-refractivity contribution in [3.8, 4) is 0 Å². The summed E-state index contributed by atoms with van der Waals surface area (Å²) >= 11 is 0. The van der Waals surface area contributed by atoms with E-state index in [1.165, 1.54) is 0 Å². The lowest BCUT2D eigenvalue weighted by Gasteiger charge is -2.29. The Hall–Kier alpha value is -1.12. The third-order valence-corrected chi connectivity index (χ3v) is 2.85. The number of allylic oxidation sites excluding steroid dienone is 4. The van der Waals surface area contributed by atoms with Crippen molar-refractivity contribution in [2.24, 2.45) is 0 Å². The predicted octanol–water partition coefficient (Wildman–Crippen LogP) is 4.10. The van der Waals surface area contributed by atoms with Crippen molar-refractivity contribution in [3.63, 3.8) is 0 Å². The van der Waals surface area contributed by atoms with Gasteiger partial charge >= 0.3 is 0 Å². The molecule has 0 unspecified atom stereocenters. The normalized spacial score (nSPS) is 22.5. The maximum atomic E-state index is 13.5. The molecular formula is C13H19F2N. The van der Waals surface area contributed by atoms with Gasteiger partial charge in [0.2, 0.25) is 0 Å². The summed E-state index contributed by atoms with van der Waals surface area (Å²) in [4.78, 5) is 1.64. The minimum Gasteiger partial charge on any atom is -0.340 e. The Morgan fingerprint density at radius 1 is 1.31 bits per heavy atom. The minimum absolute atomic E-state index is 0.0974. The molecule has 1 fully saturated rings. The second kappa shape index (κ2) is 4.40. The Bertz CT molecular complexity index is 364. The molecule has 0 N–H and O–H groups in total. The first kappa shape index (κ1) is 12.9. The van der Waals surface area contributed by atoms with Crippen molar-refractivity contribution in [2.45, 2.75) is 40.0 Å². The van der Waals surface area contributed by atoms with Crippen LogP contribution < -0.4 is 0 Å². The van der Waals surface area contributed by atoms with Crippen LogP contribution >= 0.6 is 0 Å². The molecular weight excluding hydrogens is 208 g/mol. The number of rotatable bonds is 0. The zero-order chi connectivity index (χ0) is 12.5. The molecule has 0 saturated carbocycles. The quantitative estimate of drug-likeness (QED) is 0.602. The fourth-order valence-corrected chi connectivity index (χ4v) is 2.14. The molecule has 2 rings (SSSR count). The largest absolute Gasteiger partial charge is 0.340 e. The first-order valence-corrected chi connectivity index (χ1v) is 5.68. The first-order valence-electron chi connectivity index (χ1n) is 5.68. The number of nitrogens with zero attached hydrogens (tertiary/aromatic N) is 1. The van der Waals surface area contributed by atoms with E-state index in [1.807, 2.05) is 20.8 Å². The summed E-state index contributed by atoms with van der Waals surface area (Å²) < 4.78 is 26.9. The van der Waals surface area contributed by atoms with Crippen LogP contribution in [0.15, 0.2) is 35.2 Å². The third-order valence-electron chi connectivity index (χ3n) is 2.85. The molecule has 0 atom stereocenters. The lowest BCUT2D eigenvalue weighted by molar-refractivity contribution is 0.0458. The van der Waals surface area contributed by atoms with Crippen LogP contribution in [0.3, 0.4) is 0 Å². The fourth-order valence-electron chi connectivity index (χ4n) is 2.14. The zero-order valence-electron chi connectivity index (χ0n) is 10.4. The van der Waals surface area contributed by atoms with E-state index in [-0.39, 0.29) is 12.1 Å². The van der Waals surface area contributed by atoms with Crippen molar-refractivity contribution in [1.82, 2.24) is 4.90 Å². The van der Waals surface area contributed by atoms with E-state index in [1.54, 1.807) is 17.9 Å². The average molecular weight is 227 g/mol. The second-order valence-electron chi connectivity index (χ2n) is 3.91. The molecule has 0 aromatic heterocycles. The van der Waals surface area contributed by atoms with Gasteiger partial charge in [0.25, 0.3) is 5.92 Å². The maximum absolute atomic E-state index is 13.5. The average Bonchev–Trinajstić information content (AvgIpc) is 2.55. The van der Waals surface area contributed by atoms with Gasteiger partial charge < -0.3 is 4.90 Å². The van der Waals surface area contributed by atoms with Crippen LogP contribution in [0.1, 0.15) is 34.1 Å². The molecule has 0 amide bonds. The van der Waals surface area contributed by atoms with Crippen LogP contribution in [-0.4, -0.2) is 17.4 Å². The smallest absolute Gasteiger partial charge is 0.289 e. The van der Waals surface area contributed by atoms with Crippen molar-refractivity contribution in [3.05, 3.63) is 35.2 Å². The highest BCUT2D eigenvalue weighted by Crippen LogP contribution is 2.44. The van der Waals surface area contributed by atoms with E-state index in [9.17, 15) is 8.78 Å². The molecule has 0 bridgehead atoms. The molecule has 2 heterocycles. The molecule has 16 heavy (non-hydrogen) atoms. The third kappa shape index (κ3) is 1.91. The molecule has 0 spiro atoms. The highest BCUT2D eigenvalue weighted by atomic mass is 19.3. The summed E-state index contributed by atoms with van der Waals surface area (Å²) in [5.74, 6) is -2.68. The Balaban J connectivity index is 0.000000606. The minimum atomic E-state index is -2.68. The molecule has 0 aromatic rings. The number of alkyl halides is 2. The molecule has 0 aromatic carbocycles. The van der Waals surface area contributed by atoms with E-state index in [0.29, 0.717) is 17.8 Å². The van der Waals surface area contributed by atoms with Crippen LogP contribution in [-0.2, 0) is 0 Å². The van der Waals surface area contributed by atoms with E-state index in [4.69, 9.17) is 0 Å². The van der Waals surface area contributed by atoms with Crippen LogP contribution in [0.2, 0.25) is 0 Å². The molecule has 0 radical (unpaired) electrons. The van der Waals surface area contributed by atoms with Gasteiger partial charge in [-0.3, -0.25) is 0 Å². The van der Waals surface area contributed by atoms with Gasteiger partial charge in [-0.1, -0.05) is 26.5 Å². The van der Waals surface area contributed by atoms with Gasteiger partial charge in [-0.2, -0.15) is 8.78 Å². The van der Waals surface area contributed by atoms with Gasteiger partial charge in [-0.25, -0.2) is 0 Å². The lowest BCUT2D eigenvalue weighted by Crippen LogP contribution is -2.26. The topological polar surface area (TPSA) is 3.24 Å². The van der Waals surface area contributed by atoms with Gasteiger partial charge in [0.1, 0.15) is 0 Å². The standard InChI is InChI=1S/C11H13F2N.C2H6/c1-7-6-8(2)10-11(12,13)4-5-14(10)9(7)3;1-2/h6H,3-5H2,1-2H3;1-2H3. The Morgan fingerprint density at radius 3 is 2.44 bits per heavy atom. The summed E-state index contributed by atoms with van der Waals surface area (Å²) in [5.41, 5.74) is 2.50. The molecule has 90 valence electrons. The number of halogens is 2. The van der Waals surface area contributed by atoms with Crippen LogP contribution in [0, 0.1) is 0 Å². The van der Waals surface area contributed by atoms with Crippen molar-refractivity contribution in [1.29, 1.82) is 0 Å². The molecule has 0 aliphatic carbocycles. The van der Waals surface area contributed by atoms with Crippen molar-refractivity contribution in [2.75, 3.05) is 6.54 Å².